The van der Waals surface area contributed by atoms with E-state index in [0.29, 0.717) is 0 Å². The fourth-order valence-corrected chi connectivity index (χ4v) is 13.2. The molecule has 102 heavy (non-hydrogen) atoms. The molecule has 41 heteroatoms. The van der Waals surface area contributed by atoms with Crippen molar-refractivity contribution in [2.75, 3.05) is 0 Å². The minimum absolute atomic E-state index is 0.129. The van der Waals surface area contributed by atoms with Crippen molar-refractivity contribution in [1.82, 2.24) is 0 Å². The summed E-state index contributed by atoms with van der Waals surface area (Å²) in [5.41, 5.74) is -33.3. The van der Waals surface area contributed by atoms with Crippen LogP contribution >= 0.6 is 0 Å². The summed E-state index contributed by atoms with van der Waals surface area (Å²) in [7, 11) is 0. The van der Waals surface area contributed by atoms with Crippen LogP contribution < -0.4 is 0 Å². The second-order valence-corrected chi connectivity index (χ2v) is 23.2. The van der Waals surface area contributed by atoms with E-state index >= 15 is 127 Å². The molecule has 10 aliphatic carbocycles. The fourth-order valence-electron chi connectivity index (χ4n) is 13.2. The fraction of sp³-hybridized carbons (Fsp3) is 0.344. The van der Waals surface area contributed by atoms with Crippen molar-refractivity contribution >= 4 is 0 Å². The summed E-state index contributed by atoms with van der Waals surface area (Å²) >= 11 is 0. The van der Waals surface area contributed by atoms with E-state index < -0.39 is 352 Å². The number of hydrogen-bond donors (Lipinski definition) is 0. The maximum atomic E-state index is 18.1. The smallest absolute Gasteiger partial charge is 0.196 e. The predicted molar refractivity (Wildman–Crippen MR) is 265 cm³/mol. The topological polar surface area (TPSA) is 0 Å². The summed E-state index contributed by atoms with van der Waals surface area (Å²) in [4.78, 5) is 0. The summed E-state index contributed by atoms with van der Waals surface area (Å²) in [6.45, 7) is -0.129. The van der Waals surface area contributed by atoms with Gasteiger partial charge in [-0.05, 0) is 0 Å². The molecule has 0 aromatic rings. The van der Waals surface area contributed by atoms with Crippen LogP contribution in [0.3, 0.4) is 0 Å². The van der Waals surface area contributed by atoms with Gasteiger partial charge in [0, 0.05) is 39.4 Å². The summed E-state index contributed by atoms with van der Waals surface area (Å²) in [6.07, 6.45) is -51.1. The molecular weight excluding hydrogens is 1510 g/mol. The summed E-state index contributed by atoms with van der Waals surface area (Å²) < 4.78 is 652. The molecule has 0 bridgehead atoms. The van der Waals surface area contributed by atoms with Gasteiger partial charge < -0.3 is 0 Å². The van der Waals surface area contributed by atoms with Crippen LogP contribution in [0.5, 0.6) is 0 Å². The molecule has 0 spiro atoms. The standard InChI is InChI=1S/C61H23F41/c1-2-3(4-42(83)50(91)58(99)51(92)43(4)84)28(69)29(70)5(21(2)62)6-22(63)7(24(65)9(23(6)64)12-30(71)36(77)15(37(78)31(12)72)18-44(85)52(93)59(100)53(94)45(18)86)8-25(66)10(13-32(73)38(79)16(39(80)33(13)74)19-46(87)54(95)60(101)55(96)47(19)88)27(68)11(26(8)67)14-34(75)40(81)17(41(82)35(14)76)20-48(89)56(97)61(102)57(98)49(20)90/h2-3,9-10,12-13,17-19,24-25,30,32,40,44,46,50,56,58,61H,1H3. The first kappa shape index (κ1) is 76.6. The third kappa shape index (κ3) is 10.6. The van der Waals surface area contributed by atoms with Gasteiger partial charge in [-0.25, -0.2) is 180 Å². The summed E-state index contributed by atoms with van der Waals surface area (Å²) in [5, 5.41) is 0. The minimum Gasteiger partial charge on any atom is -0.241 e. The lowest BCUT2D eigenvalue weighted by atomic mass is 9.66. The van der Waals surface area contributed by atoms with Gasteiger partial charge in [0.05, 0.1) is 69.6 Å². The van der Waals surface area contributed by atoms with Crippen LogP contribution in [0.1, 0.15) is 6.92 Å². The molecule has 0 aromatic carbocycles. The predicted octanol–water partition coefficient (Wildman–Crippen LogP) is 24.1. The SMILES string of the molecule is CC1C(F)=C(C2=C(F)C(C3C(F)=C(F)C(C4C(F)=C(F)C(F)=C(F)C4F)=C(F)C3F)C(F)C(C3=C(F)C(C4=C(F)C(F)C(C5=C(F)C(F)C(F)C(F)=C5F)C(F)=C4F)=C(F)C(C4C(F)=C(F)C(C5C(F)=C(F)C(F)=C(F)C5F)=C(F)C4F)C3F)=C2F)C(F)=C(F)C1C1=C(F)C(F)C(F)C(F)=C1F. The molecule has 0 radical (unpaired) electrons. The lowest BCUT2D eigenvalue weighted by Gasteiger charge is -2.42. The van der Waals surface area contributed by atoms with E-state index in [4.69, 9.17) is 0 Å². The van der Waals surface area contributed by atoms with Gasteiger partial charge in [0.25, 0.3) is 0 Å². The van der Waals surface area contributed by atoms with Crippen molar-refractivity contribution in [1.29, 1.82) is 0 Å². The molecule has 10 rings (SSSR count). The summed E-state index contributed by atoms with van der Waals surface area (Å²) in [6, 6.07) is 0. The molecular formula is C61H23F41. The van der Waals surface area contributed by atoms with Crippen molar-refractivity contribution in [3.63, 3.8) is 0 Å². The van der Waals surface area contributed by atoms with Crippen molar-refractivity contribution in [2.24, 2.45) is 53.3 Å². The second-order valence-electron chi connectivity index (χ2n) is 23.2. The zero-order valence-electron chi connectivity index (χ0n) is 48.0. The van der Waals surface area contributed by atoms with Crippen molar-refractivity contribution in [2.45, 2.75) is 74.8 Å². The van der Waals surface area contributed by atoms with E-state index in [0.717, 1.165) is 0 Å². The number of hydrogen-bond acceptors (Lipinski definition) is 0. The monoisotopic (exact) mass is 1530 g/mol. The molecule has 0 fully saturated rings. The molecule has 0 heterocycles. The van der Waals surface area contributed by atoms with Gasteiger partial charge in [-0.15, -0.1) is 0 Å². The Bertz CT molecular complexity index is 4210. The van der Waals surface area contributed by atoms with E-state index in [1.165, 1.54) is 0 Å². The molecule has 10 aliphatic rings. The van der Waals surface area contributed by atoms with E-state index in [9.17, 15) is 52.7 Å². The van der Waals surface area contributed by atoms with Gasteiger partial charge in [-0.2, -0.15) is 0 Å². The molecule has 0 saturated carbocycles. The lowest BCUT2D eigenvalue weighted by Crippen LogP contribution is -2.44. The molecule has 20 unspecified atom stereocenters. The Morgan fingerprint density at radius 1 is 0.147 bits per heavy atom. The van der Waals surface area contributed by atoms with Gasteiger partial charge >= 0.3 is 0 Å². The number of rotatable bonds is 9. The Morgan fingerprint density at radius 3 is 0.696 bits per heavy atom. The average Bonchev–Trinajstić information content (AvgIpc) is 0.705. The normalized spacial score (nSPS) is 36.5. The Balaban J connectivity index is 1.28. The van der Waals surface area contributed by atoms with Crippen LogP contribution in [0.4, 0.5) is 180 Å². The molecule has 0 amide bonds. The minimum atomic E-state index is -5.35. The maximum Gasteiger partial charge on any atom is 0.196 e. The van der Waals surface area contributed by atoms with Gasteiger partial charge in [0.1, 0.15) is 106 Å². The average molecular weight is 1530 g/mol. The van der Waals surface area contributed by atoms with Gasteiger partial charge in [-0.3, -0.25) is 0 Å². The number of alkyl halides is 11. The largest absolute Gasteiger partial charge is 0.241 e. The van der Waals surface area contributed by atoms with Crippen molar-refractivity contribution in [3.8, 4) is 0 Å². The molecule has 554 valence electrons. The number of allylic oxidation sites excluding steroid dienone is 40. The van der Waals surface area contributed by atoms with E-state index in [1.54, 1.807) is 0 Å². The quantitative estimate of drug-likeness (QED) is 0.202. The Morgan fingerprint density at radius 2 is 0.363 bits per heavy atom. The Hall–Kier alpha value is -8.07. The van der Waals surface area contributed by atoms with Crippen LogP contribution in [-0.2, 0) is 0 Å². The zero-order chi connectivity index (χ0) is 76.6. The van der Waals surface area contributed by atoms with E-state index in [1.807, 2.05) is 0 Å². The highest BCUT2D eigenvalue weighted by Crippen LogP contribution is 2.64. The third-order valence-corrected chi connectivity index (χ3v) is 18.1. The van der Waals surface area contributed by atoms with Crippen LogP contribution in [-0.4, -0.2) is 67.9 Å². The first-order valence-electron chi connectivity index (χ1n) is 27.8. The highest BCUT2D eigenvalue weighted by atomic mass is 19.2. The van der Waals surface area contributed by atoms with Crippen LogP contribution in [0, 0.1) is 53.3 Å². The third-order valence-electron chi connectivity index (χ3n) is 18.1. The summed E-state index contributed by atoms with van der Waals surface area (Å²) in [5.74, 6) is -144. The highest BCUT2D eigenvalue weighted by Gasteiger charge is 2.63. The van der Waals surface area contributed by atoms with Crippen molar-refractivity contribution in [3.05, 3.63) is 231 Å². The van der Waals surface area contributed by atoms with Crippen LogP contribution in [0.15, 0.2) is 231 Å². The first-order valence-corrected chi connectivity index (χ1v) is 27.8. The molecule has 0 nitrogen and oxygen atoms in total. The Labute approximate surface area is 538 Å². The molecule has 0 aliphatic heterocycles. The molecule has 0 aromatic heterocycles. The zero-order valence-corrected chi connectivity index (χ0v) is 48.0. The lowest BCUT2D eigenvalue weighted by molar-refractivity contribution is 0.0998. The highest BCUT2D eigenvalue weighted by molar-refractivity contribution is 5.70. The molecule has 0 N–H and O–H groups in total. The molecule has 20 atom stereocenters. The van der Waals surface area contributed by atoms with Gasteiger partial charge in [0.15, 0.2) is 137 Å². The van der Waals surface area contributed by atoms with Gasteiger partial charge in [-0.1, -0.05) is 6.92 Å². The van der Waals surface area contributed by atoms with Crippen LogP contribution in [0.2, 0.25) is 0 Å². The van der Waals surface area contributed by atoms with Crippen molar-refractivity contribution < 1.29 is 180 Å². The number of halogens is 41. The van der Waals surface area contributed by atoms with E-state index in [-0.39, 0.29) is 6.92 Å². The van der Waals surface area contributed by atoms with Crippen LogP contribution in [0.25, 0.3) is 0 Å². The first-order chi connectivity index (χ1) is 47.2. The van der Waals surface area contributed by atoms with Gasteiger partial charge in [0.2, 0.25) is 0 Å². The second kappa shape index (κ2) is 26.6. The maximum absolute atomic E-state index is 18.1. The molecule has 0 saturated heterocycles. The van der Waals surface area contributed by atoms with E-state index in [2.05, 4.69) is 0 Å². The Kier molecular flexibility index (Phi) is 19.9.